The van der Waals surface area contributed by atoms with E-state index in [1.165, 1.54) is 12.8 Å². The van der Waals surface area contributed by atoms with Gasteiger partial charge < -0.3 is 5.32 Å². The Kier molecular flexibility index (Phi) is 5.39. The van der Waals surface area contributed by atoms with Gasteiger partial charge in [0.25, 0.3) is 0 Å². The lowest BCUT2D eigenvalue weighted by molar-refractivity contribution is 0.463. The standard InChI is InChI=1S/C13H23N3/c1-10(2)6-5-7-12(14-4)13-8-9-15-11(3)16-13/h8-10,12,14H,5-7H2,1-4H3. The topological polar surface area (TPSA) is 37.8 Å². The van der Waals surface area contributed by atoms with Crippen LogP contribution in [0.3, 0.4) is 0 Å². The first-order valence-corrected chi connectivity index (χ1v) is 6.10. The minimum Gasteiger partial charge on any atom is -0.312 e. The van der Waals surface area contributed by atoms with Gasteiger partial charge in [-0.15, -0.1) is 0 Å². The highest BCUT2D eigenvalue weighted by atomic mass is 14.9. The molecule has 1 atom stereocenters. The molecule has 0 spiro atoms. The van der Waals surface area contributed by atoms with E-state index in [0.717, 1.165) is 23.9 Å². The molecular formula is C13H23N3. The lowest BCUT2D eigenvalue weighted by atomic mass is 10.0. The van der Waals surface area contributed by atoms with Crippen LogP contribution < -0.4 is 5.32 Å². The van der Waals surface area contributed by atoms with E-state index in [4.69, 9.17) is 0 Å². The zero-order valence-corrected chi connectivity index (χ0v) is 10.8. The maximum atomic E-state index is 4.47. The van der Waals surface area contributed by atoms with Crippen LogP contribution in [0.4, 0.5) is 0 Å². The maximum Gasteiger partial charge on any atom is 0.125 e. The van der Waals surface area contributed by atoms with Crippen molar-refractivity contribution in [2.24, 2.45) is 5.92 Å². The zero-order valence-electron chi connectivity index (χ0n) is 10.8. The van der Waals surface area contributed by atoms with Crippen molar-refractivity contribution in [1.82, 2.24) is 15.3 Å². The van der Waals surface area contributed by atoms with Gasteiger partial charge >= 0.3 is 0 Å². The van der Waals surface area contributed by atoms with Crippen molar-refractivity contribution in [3.63, 3.8) is 0 Å². The fraction of sp³-hybridized carbons (Fsp3) is 0.692. The second-order valence-corrected chi connectivity index (χ2v) is 4.69. The molecule has 1 rings (SSSR count). The van der Waals surface area contributed by atoms with E-state index in [2.05, 4.69) is 29.1 Å². The quantitative estimate of drug-likeness (QED) is 0.802. The highest BCUT2D eigenvalue weighted by Crippen LogP contribution is 2.18. The zero-order chi connectivity index (χ0) is 12.0. The summed E-state index contributed by atoms with van der Waals surface area (Å²) in [4.78, 5) is 8.59. The van der Waals surface area contributed by atoms with Gasteiger partial charge in [0.2, 0.25) is 0 Å². The average molecular weight is 221 g/mol. The number of hydrogen-bond donors (Lipinski definition) is 1. The second-order valence-electron chi connectivity index (χ2n) is 4.69. The van der Waals surface area contributed by atoms with Crippen molar-refractivity contribution < 1.29 is 0 Å². The number of aryl methyl sites for hydroxylation is 1. The first-order valence-electron chi connectivity index (χ1n) is 6.10. The number of nitrogens with one attached hydrogen (secondary N) is 1. The molecule has 1 unspecified atom stereocenters. The lowest BCUT2D eigenvalue weighted by Gasteiger charge is -2.16. The summed E-state index contributed by atoms with van der Waals surface area (Å²) < 4.78 is 0. The highest BCUT2D eigenvalue weighted by Gasteiger charge is 2.10. The number of nitrogens with zero attached hydrogens (tertiary/aromatic N) is 2. The van der Waals surface area contributed by atoms with Crippen molar-refractivity contribution in [2.45, 2.75) is 46.1 Å². The third kappa shape index (κ3) is 4.27. The minimum atomic E-state index is 0.362. The molecule has 3 heteroatoms. The molecule has 0 fully saturated rings. The Hall–Kier alpha value is -0.960. The maximum absolute atomic E-state index is 4.47. The SMILES string of the molecule is CNC(CCCC(C)C)c1ccnc(C)n1. The minimum absolute atomic E-state index is 0.362. The number of aromatic nitrogens is 2. The fourth-order valence-electron chi connectivity index (χ4n) is 1.84. The van der Waals surface area contributed by atoms with Crippen LogP contribution in [0.2, 0.25) is 0 Å². The summed E-state index contributed by atoms with van der Waals surface area (Å²) >= 11 is 0. The van der Waals surface area contributed by atoms with Crippen LogP contribution in [0.15, 0.2) is 12.3 Å². The van der Waals surface area contributed by atoms with Gasteiger partial charge in [0, 0.05) is 12.2 Å². The van der Waals surface area contributed by atoms with Crippen LogP contribution >= 0.6 is 0 Å². The van der Waals surface area contributed by atoms with Gasteiger partial charge in [-0.1, -0.05) is 26.7 Å². The van der Waals surface area contributed by atoms with Crippen LogP contribution in [0, 0.1) is 12.8 Å². The highest BCUT2D eigenvalue weighted by molar-refractivity contribution is 5.06. The molecular weight excluding hydrogens is 198 g/mol. The first kappa shape index (κ1) is 13.1. The molecule has 3 nitrogen and oxygen atoms in total. The molecule has 1 N–H and O–H groups in total. The van der Waals surface area contributed by atoms with Gasteiger partial charge in [0.1, 0.15) is 5.82 Å². The molecule has 0 aliphatic heterocycles. The summed E-state index contributed by atoms with van der Waals surface area (Å²) in [5.74, 6) is 1.63. The smallest absolute Gasteiger partial charge is 0.125 e. The van der Waals surface area contributed by atoms with Gasteiger partial charge in [0.15, 0.2) is 0 Å². The Morgan fingerprint density at radius 1 is 1.31 bits per heavy atom. The van der Waals surface area contributed by atoms with E-state index in [-0.39, 0.29) is 0 Å². The molecule has 1 aromatic rings. The third-order valence-corrected chi connectivity index (χ3v) is 2.78. The molecule has 0 amide bonds. The van der Waals surface area contributed by atoms with Gasteiger partial charge in [-0.25, -0.2) is 9.97 Å². The summed E-state index contributed by atoms with van der Waals surface area (Å²) in [5.41, 5.74) is 1.11. The Labute approximate surface area is 98.7 Å². The van der Waals surface area contributed by atoms with E-state index in [1.54, 1.807) is 0 Å². The van der Waals surface area contributed by atoms with Crippen LogP contribution in [0.25, 0.3) is 0 Å². The van der Waals surface area contributed by atoms with Crippen LogP contribution in [0.1, 0.15) is 50.7 Å². The van der Waals surface area contributed by atoms with Crippen molar-refractivity contribution in [2.75, 3.05) is 7.05 Å². The van der Waals surface area contributed by atoms with E-state index < -0.39 is 0 Å². The third-order valence-electron chi connectivity index (χ3n) is 2.78. The predicted octanol–water partition coefficient (Wildman–Crippen LogP) is 2.87. The predicted molar refractivity (Wildman–Crippen MR) is 67.3 cm³/mol. The monoisotopic (exact) mass is 221 g/mol. The molecule has 0 radical (unpaired) electrons. The van der Waals surface area contributed by atoms with E-state index >= 15 is 0 Å². The number of rotatable bonds is 6. The summed E-state index contributed by atoms with van der Waals surface area (Å²) in [6.45, 7) is 6.47. The van der Waals surface area contributed by atoms with Gasteiger partial charge in [-0.3, -0.25) is 0 Å². The molecule has 0 bridgehead atoms. The molecule has 0 saturated carbocycles. The molecule has 0 aromatic carbocycles. The molecule has 0 aliphatic carbocycles. The fourth-order valence-corrected chi connectivity index (χ4v) is 1.84. The van der Waals surface area contributed by atoms with Crippen LogP contribution in [-0.4, -0.2) is 17.0 Å². The molecule has 1 aromatic heterocycles. The summed E-state index contributed by atoms with van der Waals surface area (Å²) in [7, 11) is 2.00. The second kappa shape index (κ2) is 6.59. The number of hydrogen-bond acceptors (Lipinski definition) is 3. The normalized spacial score (nSPS) is 13.1. The molecule has 90 valence electrons. The molecule has 16 heavy (non-hydrogen) atoms. The van der Waals surface area contributed by atoms with E-state index in [1.807, 2.05) is 26.2 Å². The summed E-state index contributed by atoms with van der Waals surface area (Å²) in [6, 6.07) is 2.37. The summed E-state index contributed by atoms with van der Waals surface area (Å²) in [5, 5.41) is 3.33. The van der Waals surface area contributed by atoms with E-state index in [0.29, 0.717) is 6.04 Å². The van der Waals surface area contributed by atoms with Crippen LogP contribution in [-0.2, 0) is 0 Å². The van der Waals surface area contributed by atoms with Crippen molar-refractivity contribution in [3.05, 3.63) is 23.8 Å². The Morgan fingerprint density at radius 2 is 2.06 bits per heavy atom. The molecule has 0 saturated heterocycles. The van der Waals surface area contributed by atoms with E-state index in [9.17, 15) is 0 Å². The van der Waals surface area contributed by atoms with Crippen molar-refractivity contribution in [3.8, 4) is 0 Å². The van der Waals surface area contributed by atoms with Crippen molar-refractivity contribution >= 4 is 0 Å². The Bertz CT molecular complexity index is 310. The van der Waals surface area contributed by atoms with Crippen molar-refractivity contribution in [1.29, 1.82) is 0 Å². The largest absolute Gasteiger partial charge is 0.312 e. The first-order chi connectivity index (χ1) is 7.63. The Morgan fingerprint density at radius 3 is 2.62 bits per heavy atom. The molecule has 0 aliphatic rings. The van der Waals surface area contributed by atoms with Gasteiger partial charge in [-0.05, 0) is 32.4 Å². The van der Waals surface area contributed by atoms with Gasteiger partial charge in [0.05, 0.1) is 5.69 Å². The van der Waals surface area contributed by atoms with Gasteiger partial charge in [-0.2, -0.15) is 0 Å². The molecule has 1 heterocycles. The summed E-state index contributed by atoms with van der Waals surface area (Å²) in [6.07, 6.45) is 5.50. The average Bonchev–Trinajstić information content (AvgIpc) is 2.24. The van der Waals surface area contributed by atoms with Crippen LogP contribution in [0.5, 0.6) is 0 Å². The Balaban J connectivity index is 2.53. The lowest BCUT2D eigenvalue weighted by Crippen LogP contribution is -2.18.